The Bertz CT molecular complexity index is 968. The van der Waals surface area contributed by atoms with Crippen LogP contribution in [0.3, 0.4) is 0 Å². The zero-order valence-electron chi connectivity index (χ0n) is 14.8. The standard InChI is InChI=1S/C20H21N5O/c1-3-25-17-7-5-4-6-16(17)24-20(25)13(2)23-18(19(22)26)15-10-8-14(12-21)9-11-15/h4-11,13,18,23H,3H2,1-2H3,(H2,22,26)/t13-,18-/m1/s1. The first-order chi connectivity index (χ1) is 12.5. The molecule has 2 aromatic carbocycles. The Morgan fingerprint density at radius 2 is 1.96 bits per heavy atom. The van der Waals surface area contributed by atoms with Crippen molar-refractivity contribution in [2.75, 3.05) is 0 Å². The Hall–Kier alpha value is -3.17. The van der Waals surface area contributed by atoms with Crippen LogP contribution >= 0.6 is 0 Å². The number of carbonyl (C=O) groups is 1. The summed E-state index contributed by atoms with van der Waals surface area (Å²) in [6.45, 7) is 4.81. The lowest BCUT2D eigenvalue weighted by Crippen LogP contribution is -2.36. The lowest BCUT2D eigenvalue weighted by Gasteiger charge is -2.22. The lowest BCUT2D eigenvalue weighted by molar-refractivity contribution is -0.120. The lowest BCUT2D eigenvalue weighted by atomic mass is 10.0. The number of benzene rings is 2. The maximum Gasteiger partial charge on any atom is 0.239 e. The monoisotopic (exact) mass is 347 g/mol. The van der Waals surface area contributed by atoms with Crippen molar-refractivity contribution in [3.8, 4) is 6.07 Å². The minimum atomic E-state index is -0.664. The summed E-state index contributed by atoms with van der Waals surface area (Å²) in [5.74, 6) is 0.384. The molecular formula is C20H21N5O. The van der Waals surface area contributed by atoms with Crippen molar-refractivity contribution in [2.45, 2.75) is 32.5 Å². The number of aryl methyl sites for hydroxylation is 1. The van der Waals surface area contributed by atoms with Crippen LogP contribution in [0.25, 0.3) is 11.0 Å². The molecule has 2 atom stereocenters. The predicted octanol–water partition coefficient (Wildman–Crippen LogP) is 2.81. The van der Waals surface area contributed by atoms with Crippen molar-refractivity contribution in [2.24, 2.45) is 5.73 Å². The van der Waals surface area contributed by atoms with Crippen molar-refractivity contribution >= 4 is 16.9 Å². The second-order valence-corrected chi connectivity index (χ2v) is 6.16. The van der Waals surface area contributed by atoms with E-state index in [9.17, 15) is 4.79 Å². The van der Waals surface area contributed by atoms with E-state index in [1.54, 1.807) is 24.3 Å². The Labute approximate surface area is 152 Å². The molecule has 3 aromatic rings. The molecule has 6 heteroatoms. The van der Waals surface area contributed by atoms with Crippen LogP contribution in [0.5, 0.6) is 0 Å². The van der Waals surface area contributed by atoms with Crippen molar-refractivity contribution in [3.63, 3.8) is 0 Å². The fourth-order valence-corrected chi connectivity index (χ4v) is 3.17. The molecule has 3 rings (SSSR count). The number of nitriles is 1. The fourth-order valence-electron chi connectivity index (χ4n) is 3.17. The molecule has 0 unspecified atom stereocenters. The number of para-hydroxylation sites is 2. The number of rotatable bonds is 6. The maximum atomic E-state index is 12.0. The second kappa shape index (κ2) is 7.38. The first-order valence-electron chi connectivity index (χ1n) is 8.55. The van der Waals surface area contributed by atoms with E-state index in [0.717, 1.165) is 29.0 Å². The Morgan fingerprint density at radius 3 is 2.58 bits per heavy atom. The molecule has 1 heterocycles. The highest BCUT2D eigenvalue weighted by Crippen LogP contribution is 2.24. The number of fused-ring (bicyclic) bond motifs is 1. The average molecular weight is 347 g/mol. The van der Waals surface area contributed by atoms with Gasteiger partial charge in [-0.2, -0.15) is 5.26 Å². The first kappa shape index (κ1) is 17.6. The van der Waals surface area contributed by atoms with Gasteiger partial charge in [0.2, 0.25) is 5.91 Å². The number of aromatic nitrogens is 2. The molecule has 6 nitrogen and oxygen atoms in total. The van der Waals surface area contributed by atoms with Gasteiger partial charge >= 0.3 is 0 Å². The molecule has 0 aliphatic heterocycles. The number of amides is 1. The molecule has 0 saturated heterocycles. The zero-order chi connectivity index (χ0) is 18.7. The molecule has 0 aliphatic carbocycles. The van der Waals surface area contributed by atoms with E-state index in [1.807, 2.05) is 31.2 Å². The summed E-state index contributed by atoms with van der Waals surface area (Å²) in [5.41, 5.74) is 8.87. The van der Waals surface area contributed by atoms with Crippen LogP contribution in [-0.2, 0) is 11.3 Å². The van der Waals surface area contributed by atoms with E-state index in [4.69, 9.17) is 16.0 Å². The number of carbonyl (C=O) groups excluding carboxylic acids is 1. The highest BCUT2D eigenvalue weighted by Gasteiger charge is 2.23. The van der Waals surface area contributed by atoms with Crippen LogP contribution in [0.4, 0.5) is 0 Å². The van der Waals surface area contributed by atoms with Gasteiger partial charge in [-0.3, -0.25) is 10.1 Å². The van der Waals surface area contributed by atoms with E-state index >= 15 is 0 Å². The predicted molar refractivity (Wildman–Crippen MR) is 100 cm³/mol. The van der Waals surface area contributed by atoms with E-state index in [1.165, 1.54) is 0 Å². The van der Waals surface area contributed by atoms with Gasteiger partial charge in [0, 0.05) is 6.54 Å². The summed E-state index contributed by atoms with van der Waals surface area (Å²) in [5, 5.41) is 12.2. The topological polar surface area (TPSA) is 96.7 Å². The molecule has 0 spiro atoms. The third-order valence-corrected chi connectivity index (χ3v) is 4.46. The van der Waals surface area contributed by atoms with Crippen molar-refractivity contribution in [1.82, 2.24) is 14.9 Å². The number of nitrogens with zero attached hydrogens (tertiary/aromatic N) is 3. The first-order valence-corrected chi connectivity index (χ1v) is 8.55. The van der Waals surface area contributed by atoms with Gasteiger partial charge < -0.3 is 10.3 Å². The van der Waals surface area contributed by atoms with Crippen LogP contribution in [0, 0.1) is 11.3 Å². The number of hydrogen-bond donors (Lipinski definition) is 2. The Kier molecular flexibility index (Phi) is 5.01. The van der Waals surface area contributed by atoms with Crippen LogP contribution < -0.4 is 11.1 Å². The van der Waals surface area contributed by atoms with Crippen LogP contribution in [-0.4, -0.2) is 15.5 Å². The minimum absolute atomic E-state index is 0.185. The van der Waals surface area contributed by atoms with E-state index in [0.29, 0.717) is 5.56 Å². The molecule has 1 aromatic heterocycles. The molecular weight excluding hydrogens is 326 g/mol. The van der Waals surface area contributed by atoms with Gasteiger partial charge in [-0.1, -0.05) is 24.3 Å². The van der Waals surface area contributed by atoms with Crippen LogP contribution in [0.1, 0.15) is 42.9 Å². The number of imidazole rings is 1. The maximum absolute atomic E-state index is 12.0. The SMILES string of the molecule is CCn1c([C@@H](C)N[C@@H](C(N)=O)c2ccc(C#N)cc2)nc2ccccc21. The van der Waals surface area contributed by atoms with E-state index in [-0.39, 0.29) is 6.04 Å². The second-order valence-electron chi connectivity index (χ2n) is 6.16. The Balaban J connectivity index is 1.92. The highest BCUT2D eigenvalue weighted by atomic mass is 16.1. The molecule has 0 radical (unpaired) electrons. The number of nitrogens with one attached hydrogen (secondary N) is 1. The summed E-state index contributed by atoms with van der Waals surface area (Å²) < 4.78 is 2.13. The molecule has 0 aliphatic rings. The summed E-state index contributed by atoms with van der Waals surface area (Å²) in [6.07, 6.45) is 0. The van der Waals surface area contributed by atoms with Crippen LogP contribution in [0.15, 0.2) is 48.5 Å². The fraction of sp³-hybridized carbons (Fsp3) is 0.250. The molecule has 132 valence electrons. The van der Waals surface area contributed by atoms with Gasteiger partial charge in [0.1, 0.15) is 11.9 Å². The molecule has 1 amide bonds. The summed E-state index contributed by atoms with van der Waals surface area (Å²) in [7, 11) is 0. The van der Waals surface area contributed by atoms with Gasteiger partial charge in [0.25, 0.3) is 0 Å². The summed E-state index contributed by atoms with van der Waals surface area (Å²) in [6, 6.07) is 16.0. The molecule has 0 saturated carbocycles. The van der Waals surface area contributed by atoms with Gasteiger partial charge in [-0.05, 0) is 43.7 Å². The number of primary amides is 1. The zero-order valence-corrected chi connectivity index (χ0v) is 14.8. The van der Waals surface area contributed by atoms with Crippen molar-refractivity contribution in [1.29, 1.82) is 5.26 Å². The molecule has 0 fully saturated rings. The third kappa shape index (κ3) is 3.30. The number of nitrogens with two attached hydrogens (primary N) is 1. The largest absolute Gasteiger partial charge is 0.368 e. The minimum Gasteiger partial charge on any atom is -0.368 e. The van der Waals surface area contributed by atoms with E-state index < -0.39 is 11.9 Å². The van der Waals surface area contributed by atoms with Gasteiger partial charge in [-0.25, -0.2) is 4.98 Å². The van der Waals surface area contributed by atoms with Gasteiger partial charge in [0.15, 0.2) is 0 Å². The van der Waals surface area contributed by atoms with E-state index in [2.05, 4.69) is 22.9 Å². The summed E-state index contributed by atoms with van der Waals surface area (Å²) in [4.78, 5) is 16.7. The summed E-state index contributed by atoms with van der Waals surface area (Å²) >= 11 is 0. The van der Waals surface area contributed by atoms with Crippen LogP contribution in [0.2, 0.25) is 0 Å². The number of hydrogen-bond acceptors (Lipinski definition) is 4. The van der Waals surface area contributed by atoms with Crippen molar-refractivity contribution in [3.05, 3.63) is 65.5 Å². The third-order valence-electron chi connectivity index (χ3n) is 4.46. The Morgan fingerprint density at radius 1 is 1.27 bits per heavy atom. The molecule has 3 N–H and O–H groups in total. The molecule has 0 bridgehead atoms. The van der Waals surface area contributed by atoms with Gasteiger partial charge in [-0.15, -0.1) is 0 Å². The molecule has 26 heavy (non-hydrogen) atoms. The average Bonchev–Trinajstić information content (AvgIpc) is 3.04. The smallest absolute Gasteiger partial charge is 0.239 e. The highest BCUT2D eigenvalue weighted by molar-refractivity contribution is 5.81. The van der Waals surface area contributed by atoms with Crippen molar-refractivity contribution < 1.29 is 4.79 Å². The van der Waals surface area contributed by atoms with Gasteiger partial charge in [0.05, 0.1) is 28.7 Å². The normalized spacial score (nSPS) is 13.3. The quantitative estimate of drug-likeness (QED) is 0.716.